The molecule has 4 rings (SSSR count). The molecule has 0 spiro atoms. The summed E-state index contributed by atoms with van der Waals surface area (Å²) in [4.78, 5) is 8.10. The number of ether oxygens (including phenoxy) is 2. The van der Waals surface area contributed by atoms with E-state index in [0.717, 1.165) is 28.0 Å². The number of fused-ring (bicyclic) bond motifs is 1. The van der Waals surface area contributed by atoms with Crippen LogP contribution < -0.4 is 26.7 Å². The molecule has 0 bridgehead atoms. The summed E-state index contributed by atoms with van der Waals surface area (Å²) in [6.07, 6.45) is 8.99. The summed E-state index contributed by atoms with van der Waals surface area (Å²) in [5.41, 5.74) is 21.3. The van der Waals surface area contributed by atoms with Crippen molar-refractivity contribution < 1.29 is 9.47 Å². The Bertz CT molecular complexity index is 877. The van der Waals surface area contributed by atoms with Gasteiger partial charge in [-0.15, -0.1) is 0 Å². The minimum atomic E-state index is 0.0993. The summed E-state index contributed by atoms with van der Waals surface area (Å²) in [6, 6.07) is 2.04. The van der Waals surface area contributed by atoms with E-state index < -0.39 is 0 Å². The average molecular weight is 353 g/mol. The summed E-state index contributed by atoms with van der Waals surface area (Å²) >= 11 is 0. The van der Waals surface area contributed by atoms with Crippen LogP contribution in [0.1, 0.15) is 35.1 Å². The highest BCUT2D eigenvalue weighted by Crippen LogP contribution is 2.45. The molecule has 1 aliphatic carbocycles. The second-order valence-corrected chi connectivity index (χ2v) is 6.77. The number of hydrogen-bond donors (Lipinski definition) is 3. The third-order valence-electron chi connectivity index (χ3n) is 4.95. The van der Waals surface area contributed by atoms with Gasteiger partial charge in [0, 0.05) is 35.9 Å². The number of anilines is 2. The van der Waals surface area contributed by atoms with Crippen molar-refractivity contribution in [1.82, 2.24) is 9.97 Å². The monoisotopic (exact) mass is 353 g/mol. The maximum absolute atomic E-state index is 6.30. The highest BCUT2D eigenvalue weighted by Gasteiger charge is 2.35. The molecule has 1 unspecified atom stereocenters. The molecular weight excluding hydrogens is 330 g/mol. The molecule has 1 aliphatic heterocycles. The Balaban J connectivity index is 1.78. The maximum Gasteiger partial charge on any atom is 0.221 e. The van der Waals surface area contributed by atoms with Gasteiger partial charge in [-0.05, 0) is 36.5 Å². The van der Waals surface area contributed by atoms with E-state index in [-0.39, 0.29) is 12.1 Å². The topological polar surface area (TPSA) is 122 Å². The van der Waals surface area contributed by atoms with Gasteiger partial charge in [-0.2, -0.15) is 4.98 Å². The summed E-state index contributed by atoms with van der Waals surface area (Å²) in [5, 5.41) is 0. The zero-order valence-corrected chi connectivity index (χ0v) is 14.7. The van der Waals surface area contributed by atoms with Gasteiger partial charge in [-0.25, -0.2) is 4.98 Å². The average Bonchev–Trinajstić information content (AvgIpc) is 3.48. The molecule has 2 aromatic rings. The molecule has 2 heterocycles. The predicted molar refractivity (Wildman–Crippen MR) is 101 cm³/mol. The lowest BCUT2D eigenvalue weighted by atomic mass is 9.94. The van der Waals surface area contributed by atoms with E-state index in [2.05, 4.69) is 22.1 Å². The van der Waals surface area contributed by atoms with Crippen molar-refractivity contribution in [1.29, 1.82) is 0 Å². The molecule has 7 heteroatoms. The number of hydrogen-bond acceptors (Lipinski definition) is 7. The number of nitrogens with two attached hydrogens (primary N) is 3. The Morgan fingerprint density at radius 3 is 2.69 bits per heavy atom. The van der Waals surface area contributed by atoms with Gasteiger partial charge in [0.05, 0.1) is 7.11 Å². The lowest BCUT2D eigenvalue weighted by Gasteiger charge is -2.26. The van der Waals surface area contributed by atoms with Crippen LogP contribution in [0.3, 0.4) is 0 Å². The zero-order valence-electron chi connectivity index (χ0n) is 14.7. The van der Waals surface area contributed by atoms with E-state index in [0.29, 0.717) is 30.5 Å². The molecule has 1 aromatic heterocycles. The molecule has 7 nitrogen and oxygen atoms in total. The second-order valence-electron chi connectivity index (χ2n) is 6.77. The van der Waals surface area contributed by atoms with Crippen molar-refractivity contribution in [2.24, 2.45) is 11.7 Å². The minimum Gasteiger partial charge on any atom is -0.492 e. The van der Waals surface area contributed by atoms with Gasteiger partial charge in [0.1, 0.15) is 11.9 Å². The van der Waals surface area contributed by atoms with Crippen molar-refractivity contribution in [3.8, 4) is 11.5 Å². The third-order valence-corrected chi connectivity index (χ3v) is 4.95. The normalized spacial score (nSPS) is 18.3. The minimum absolute atomic E-state index is 0.0993. The summed E-state index contributed by atoms with van der Waals surface area (Å²) in [5.74, 6) is 2.62. The molecule has 0 radical (unpaired) electrons. The highest BCUT2D eigenvalue weighted by atomic mass is 16.5. The van der Waals surface area contributed by atoms with Crippen LogP contribution in [-0.2, 0) is 13.0 Å². The SMILES string of the molecule is COc1c(CN)cc(Cc2cnc(N)nc2N)c2c1OC(C1CC1)C=C2. The Hall–Kier alpha value is -2.80. The van der Waals surface area contributed by atoms with E-state index >= 15 is 0 Å². The second kappa shape index (κ2) is 6.49. The van der Waals surface area contributed by atoms with Crippen LogP contribution in [0.5, 0.6) is 11.5 Å². The first-order valence-corrected chi connectivity index (χ1v) is 8.75. The fraction of sp³-hybridized carbons (Fsp3) is 0.368. The largest absolute Gasteiger partial charge is 0.492 e. The predicted octanol–water partition coefficient (Wildman–Crippen LogP) is 1.88. The Morgan fingerprint density at radius 2 is 2.04 bits per heavy atom. The molecule has 2 aliphatic rings. The summed E-state index contributed by atoms with van der Waals surface area (Å²) in [7, 11) is 1.65. The van der Waals surface area contributed by atoms with Crippen LogP contribution >= 0.6 is 0 Å². The Kier molecular flexibility index (Phi) is 4.16. The van der Waals surface area contributed by atoms with Gasteiger partial charge in [0.15, 0.2) is 11.5 Å². The standard InChI is InChI=1S/C19H23N5O2/c1-25-16-12(8-20)6-11(7-13-9-23-19(22)24-18(13)21)14-4-5-15(10-2-3-10)26-17(14)16/h4-6,9-10,15H,2-3,7-8,20H2,1H3,(H4,21,22,23,24). The highest BCUT2D eigenvalue weighted by molar-refractivity contribution is 5.71. The van der Waals surface area contributed by atoms with Crippen LogP contribution in [0.15, 0.2) is 18.3 Å². The Labute approximate surface area is 152 Å². The molecule has 1 saturated carbocycles. The van der Waals surface area contributed by atoms with Gasteiger partial charge in [-0.3, -0.25) is 0 Å². The molecule has 1 aromatic carbocycles. The van der Waals surface area contributed by atoms with Crippen LogP contribution in [0, 0.1) is 5.92 Å². The van der Waals surface area contributed by atoms with Crippen molar-refractivity contribution in [2.45, 2.75) is 31.9 Å². The molecule has 1 atom stereocenters. The molecule has 26 heavy (non-hydrogen) atoms. The van der Waals surface area contributed by atoms with Crippen molar-refractivity contribution in [2.75, 3.05) is 18.6 Å². The lowest BCUT2D eigenvalue weighted by molar-refractivity contribution is 0.211. The van der Waals surface area contributed by atoms with E-state index in [9.17, 15) is 0 Å². The molecule has 0 saturated heterocycles. The molecule has 136 valence electrons. The Morgan fingerprint density at radius 1 is 1.23 bits per heavy atom. The first kappa shape index (κ1) is 16.7. The maximum atomic E-state index is 6.30. The van der Waals surface area contributed by atoms with Crippen molar-refractivity contribution >= 4 is 17.8 Å². The first-order chi connectivity index (χ1) is 12.6. The van der Waals surface area contributed by atoms with Crippen LogP contribution in [0.2, 0.25) is 0 Å². The lowest BCUT2D eigenvalue weighted by Crippen LogP contribution is -2.21. The number of nitrogens with zero attached hydrogens (tertiary/aromatic N) is 2. The van der Waals surface area contributed by atoms with Gasteiger partial charge >= 0.3 is 0 Å². The van der Waals surface area contributed by atoms with Gasteiger partial charge in [0.2, 0.25) is 5.95 Å². The van der Waals surface area contributed by atoms with Crippen LogP contribution in [0.25, 0.3) is 6.08 Å². The smallest absolute Gasteiger partial charge is 0.221 e. The van der Waals surface area contributed by atoms with Crippen molar-refractivity contribution in [3.05, 3.63) is 40.6 Å². The van der Waals surface area contributed by atoms with Crippen molar-refractivity contribution in [3.63, 3.8) is 0 Å². The number of benzene rings is 1. The van der Waals surface area contributed by atoms with Crippen LogP contribution in [0.4, 0.5) is 11.8 Å². The summed E-state index contributed by atoms with van der Waals surface area (Å²) < 4.78 is 11.9. The first-order valence-electron chi connectivity index (χ1n) is 8.75. The molecule has 0 amide bonds. The van der Waals surface area contributed by atoms with E-state index in [4.69, 9.17) is 26.7 Å². The number of methoxy groups -OCH3 is 1. The third kappa shape index (κ3) is 2.94. The summed E-state index contributed by atoms with van der Waals surface area (Å²) in [6.45, 7) is 0.359. The van der Waals surface area contributed by atoms with Gasteiger partial charge < -0.3 is 26.7 Å². The number of nitrogen functional groups attached to an aromatic ring is 2. The fourth-order valence-electron chi connectivity index (χ4n) is 3.41. The van der Waals surface area contributed by atoms with Gasteiger partial charge in [0.25, 0.3) is 0 Å². The molecule has 6 N–H and O–H groups in total. The molecule has 1 fully saturated rings. The molecular formula is C19H23N5O2. The van der Waals surface area contributed by atoms with Crippen LogP contribution in [-0.4, -0.2) is 23.2 Å². The van der Waals surface area contributed by atoms with Gasteiger partial charge in [-0.1, -0.05) is 6.08 Å². The fourth-order valence-corrected chi connectivity index (χ4v) is 3.41. The van der Waals surface area contributed by atoms with E-state index in [1.165, 1.54) is 12.8 Å². The zero-order chi connectivity index (χ0) is 18.3. The number of rotatable bonds is 5. The number of aromatic nitrogens is 2. The van der Waals surface area contributed by atoms with E-state index in [1.807, 2.05) is 6.07 Å². The van der Waals surface area contributed by atoms with E-state index in [1.54, 1.807) is 13.3 Å². The quantitative estimate of drug-likeness (QED) is 0.750.